The molecule has 1 aromatic heterocycles. The first-order valence-electron chi connectivity index (χ1n) is 8.39. The highest BCUT2D eigenvalue weighted by Gasteiger charge is 2.11. The molecule has 1 heterocycles. The summed E-state index contributed by atoms with van der Waals surface area (Å²) < 4.78 is 1.84. The highest BCUT2D eigenvalue weighted by molar-refractivity contribution is 7.99. The van der Waals surface area contributed by atoms with Gasteiger partial charge in [-0.05, 0) is 36.4 Å². The van der Waals surface area contributed by atoms with Gasteiger partial charge in [-0.1, -0.05) is 35.0 Å². The lowest BCUT2D eigenvalue weighted by Gasteiger charge is -2.09. The van der Waals surface area contributed by atoms with Gasteiger partial charge in [0.25, 0.3) is 5.91 Å². The fraction of sp³-hybridized carbons (Fsp3) is 0.105. The number of nitrogens with two attached hydrogens (primary N) is 1. The van der Waals surface area contributed by atoms with E-state index in [2.05, 4.69) is 15.6 Å². The Balaban J connectivity index is 1.57. The number of carbonyl (C=O) groups excluding carboxylic acids is 2. The van der Waals surface area contributed by atoms with Crippen LogP contribution in [0.3, 0.4) is 0 Å². The number of aromatic nitrogens is 2. The van der Waals surface area contributed by atoms with Crippen molar-refractivity contribution in [1.29, 1.82) is 0 Å². The summed E-state index contributed by atoms with van der Waals surface area (Å²) in [5, 5.41) is 6.77. The van der Waals surface area contributed by atoms with Gasteiger partial charge in [0, 0.05) is 36.4 Å². The van der Waals surface area contributed by atoms with Gasteiger partial charge in [0.1, 0.15) is 0 Å². The minimum absolute atomic E-state index is 0.165. The fourth-order valence-electron chi connectivity index (χ4n) is 2.38. The van der Waals surface area contributed by atoms with E-state index in [4.69, 9.17) is 28.9 Å². The molecule has 0 aliphatic carbocycles. The molecule has 150 valence electrons. The van der Waals surface area contributed by atoms with Crippen LogP contribution in [0.15, 0.2) is 53.9 Å². The normalized spacial score (nSPS) is 10.6. The predicted molar refractivity (Wildman–Crippen MR) is 118 cm³/mol. The first-order chi connectivity index (χ1) is 13.8. The lowest BCUT2D eigenvalue weighted by molar-refractivity contribution is -0.113. The van der Waals surface area contributed by atoms with Gasteiger partial charge in [-0.25, -0.2) is 4.98 Å². The molecule has 0 unspecified atom stereocenters. The van der Waals surface area contributed by atoms with Crippen LogP contribution in [0, 0.1) is 0 Å². The molecule has 0 fully saturated rings. The first kappa shape index (κ1) is 21.0. The van der Waals surface area contributed by atoms with Crippen molar-refractivity contribution < 1.29 is 9.59 Å². The second kappa shape index (κ2) is 9.21. The summed E-state index contributed by atoms with van der Waals surface area (Å²) in [4.78, 5) is 28.6. The Kier molecular flexibility index (Phi) is 6.68. The van der Waals surface area contributed by atoms with Gasteiger partial charge < -0.3 is 20.9 Å². The average molecular weight is 450 g/mol. The van der Waals surface area contributed by atoms with Crippen LogP contribution in [0.5, 0.6) is 0 Å². The van der Waals surface area contributed by atoms with E-state index in [9.17, 15) is 9.59 Å². The topological polar surface area (TPSA) is 102 Å². The average Bonchev–Trinajstić information content (AvgIpc) is 3.10. The van der Waals surface area contributed by atoms with E-state index in [0.717, 1.165) is 5.16 Å². The number of benzene rings is 2. The van der Waals surface area contributed by atoms with Gasteiger partial charge in [0.2, 0.25) is 5.91 Å². The summed E-state index contributed by atoms with van der Waals surface area (Å²) in [5.74, 6) is -0.280. The van der Waals surface area contributed by atoms with Crippen molar-refractivity contribution in [1.82, 2.24) is 9.55 Å². The van der Waals surface area contributed by atoms with Gasteiger partial charge in [-0.15, -0.1) is 0 Å². The third-order valence-electron chi connectivity index (χ3n) is 3.88. The smallest absolute Gasteiger partial charge is 0.255 e. The number of nitrogen functional groups attached to an aromatic ring is 1. The number of hydrogen-bond donors (Lipinski definition) is 3. The Bertz CT molecular complexity index is 1030. The van der Waals surface area contributed by atoms with E-state index in [1.54, 1.807) is 30.5 Å². The zero-order valence-corrected chi connectivity index (χ0v) is 17.6. The van der Waals surface area contributed by atoms with Gasteiger partial charge in [-0.2, -0.15) is 0 Å². The minimum atomic E-state index is -0.342. The molecule has 0 atom stereocenters. The molecule has 0 bridgehead atoms. The quantitative estimate of drug-likeness (QED) is 0.384. The maximum absolute atomic E-state index is 12.4. The van der Waals surface area contributed by atoms with E-state index in [0.29, 0.717) is 16.9 Å². The Morgan fingerprint density at radius 1 is 1.10 bits per heavy atom. The minimum Gasteiger partial charge on any atom is -0.396 e. The molecule has 2 amide bonds. The summed E-state index contributed by atoms with van der Waals surface area (Å²) in [7, 11) is 1.86. The number of amides is 2. The molecule has 2 aromatic carbocycles. The van der Waals surface area contributed by atoms with Crippen LogP contribution < -0.4 is 16.4 Å². The molecule has 0 saturated heterocycles. The fourth-order valence-corrected chi connectivity index (χ4v) is 3.60. The zero-order chi connectivity index (χ0) is 21.0. The molecule has 0 radical (unpaired) electrons. The lowest BCUT2D eigenvalue weighted by atomic mass is 10.2. The molecule has 7 nitrogen and oxygen atoms in total. The number of carbonyl (C=O) groups is 2. The maximum atomic E-state index is 12.4. The standard InChI is InChI=1S/C19H17Cl2N5O2S/c1-26-7-6-23-19(26)29-10-16(27)24-12-4-2-11(3-5-12)18(28)25-13-8-14(20)17(22)15(21)9-13/h2-9H,10,22H2,1H3,(H,24,27)(H,25,28). The van der Waals surface area contributed by atoms with Crippen LogP contribution in [-0.2, 0) is 11.8 Å². The number of nitrogens with one attached hydrogen (secondary N) is 2. The number of hydrogen-bond acceptors (Lipinski definition) is 5. The van der Waals surface area contributed by atoms with Crippen molar-refractivity contribution in [2.75, 3.05) is 22.1 Å². The molecule has 0 aliphatic heterocycles. The second-order valence-electron chi connectivity index (χ2n) is 6.04. The molecular weight excluding hydrogens is 433 g/mol. The molecule has 0 saturated carbocycles. The van der Waals surface area contributed by atoms with E-state index >= 15 is 0 Å². The Morgan fingerprint density at radius 3 is 2.34 bits per heavy atom. The Hall–Kier alpha value is -2.68. The molecule has 3 rings (SSSR count). The summed E-state index contributed by atoms with van der Waals surface area (Å²) in [5.41, 5.74) is 7.38. The molecule has 0 spiro atoms. The zero-order valence-electron chi connectivity index (χ0n) is 15.3. The van der Waals surface area contributed by atoms with E-state index in [1.807, 2.05) is 17.8 Å². The number of thioether (sulfide) groups is 1. The molecule has 0 aliphatic rings. The van der Waals surface area contributed by atoms with Crippen molar-refractivity contribution in [2.45, 2.75) is 5.16 Å². The largest absolute Gasteiger partial charge is 0.396 e. The van der Waals surface area contributed by atoms with Crippen molar-refractivity contribution in [2.24, 2.45) is 7.05 Å². The van der Waals surface area contributed by atoms with E-state index < -0.39 is 0 Å². The summed E-state index contributed by atoms with van der Waals surface area (Å²) in [6, 6.07) is 9.57. The predicted octanol–water partition coefficient (Wildman–Crippen LogP) is 4.29. The highest BCUT2D eigenvalue weighted by Crippen LogP contribution is 2.31. The summed E-state index contributed by atoms with van der Waals surface area (Å²) >= 11 is 13.3. The summed E-state index contributed by atoms with van der Waals surface area (Å²) in [6.45, 7) is 0. The number of nitrogens with zero attached hydrogens (tertiary/aromatic N) is 2. The Labute approximate surface area is 181 Å². The maximum Gasteiger partial charge on any atom is 0.255 e. The number of imidazole rings is 1. The van der Waals surface area contributed by atoms with Crippen LogP contribution in [0.2, 0.25) is 10.0 Å². The lowest BCUT2D eigenvalue weighted by Crippen LogP contribution is -2.15. The number of anilines is 3. The number of halogens is 2. The molecular formula is C19H17Cl2N5O2S. The molecule has 29 heavy (non-hydrogen) atoms. The summed E-state index contributed by atoms with van der Waals surface area (Å²) in [6.07, 6.45) is 3.49. The van der Waals surface area contributed by atoms with Crippen molar-refractivity contribution in [3.8, 4) is 0 Å². The van der Waals surface area contributed by atoms with Crippen LogP contribution in [0.1, 0.15) is 10.4 Å². The highest BCUT2D eigenvalue weighted by atomic mass is 35.5. The first-order valence-corrected chi connectivity index (χ1v) is 10.1. The number of rotatable bonds is 6. The van der Waals surface area contributed by atoms with Crippen LogP contribution in [0.25, 0.3) is 0 Å². The Morgan fingerprint density at radius 2 is 1.76 bits per heavy atom. The monoisotopic (exact) mass is 449 g/mol. The molecule has 10 heteroatoms. The van der Waals surface area contributed by atoms with E-state index in [-0.39, 0.29) is 33.3 Å². The van der Waals surface area contributed by atoms with Gasteiger partial charge >= 0.3 is 0 Å². The van der Waals surface area contributed by atoms with Gasteiger partial charge in [0.15, 0.2) is 5.16 Å². The SMILES string of the molecule is Cn1ccnc1SCC(=O)Nc1ccc(C(=O)Nc2cc(Cl)c(N)c(Cl)c2)cc1. The third-order valence-corrected chi connectivity index (χ3v) is 5.56. The van der Waals surface area contributed by atoms with Gasteiger partial charge in [0.05, 0.1) is 21.5 Å². The molecule has 4 N–H and O–H groups in total. The number of aryl methyl sites for hydroxylation is 1. The van der Waals surface area contributed by atoms with E-state index in [1.165, 1.54) is 23.9 Å². The van der Waals surface area contributed by atoms with Gasteiger partial charge in [-0.3, -0.25) is 9.59 Å². The van der Waals surface area contributed by atoms with Crippen LogP contribution in [0.4, 0.5) is 17.1 Å². The van der Waals surface area contributed by atoms with Crippen LogP contribution in [-0.4, -0.2) is 27.1 Å². The van der Waals surface area contributed by atoms with Crippen molar-refractivity contribution in [3.63, 3.8) is 0 Å². The van der Waals surface area contributed by atoms with Crippen LogP contribution >= 0.6 is 35.0 Å². The second-order valence-corrected chi connectivity index (χ2v) is 7.80. The van der Waals surface area contributed by atoms with Crippen molar-refractivity contribution in [3.05, 3.63) is 64.4 Å². The van der Waals surface area contributed by atoms with Crippen molar-refractivity contribution >= 4 is 63.8 Å². The molecule has 3 aromatic rings. The third kappa shape index (κ3) is 5.44.